The van der Waals surface area contributed by atoms with Crippen LogP contribution in [0.25, 0.3) is 0 Å². The number of rotatable bonds is 6. The summed E-state index contributed by atoms with van der Waals surface area (Å²) in [5.74, 6) is 0.456. The number of ether oxygens (including phenoxy) is 2. The summed E-state index contributed by atoms with van der Waals surface area (Å²) in [6.45, 7) is 0.642. The van der Waals surface area contributed by atoms with Crippen molar-refractivity contribution in [2.75, 3.05) is 21.3 Å². The number of benzene rings is 2. The van der Waals surface area contributed by atoms with Crippen LogP contribution in [0.4, 0.5) is 9.18 Å². The molecule has 2 aromatic carbocycles. The van der Waals surface area contributed by atoms with Crippen LogP contribution in [-0.4, -0.2) is 32.2 Å². The average Bonchev–Trinajstić information content (AvgIpc) is 2.60. The van der Waals surface area contributed by atoms with Gasteiger partial charge in [-0.15, -0.1) is 0 Å². The van der Waals surface area contributed by atoms with E-state index in [0.717, 1.165) is 11.3 Å². The Bertz CT molecular complexity index is 706. The highest BCUT2D eigenvalue weighted by Gasteiger charge is 2.11. The predicted molar refractivity (Wildman–Crippen MR) is 89.6 cm³/mol. The largest absolute Gasteiger partial charge is 0.496 e. The van der Waals surface area contributed by atoms with Crippen molar-refractivity contribution in [3.63, 3.8) is 0 Å². The van der Waals surface area contributed by atoms with Crippen LogP contribution in [0.1, 0.15) is 11.1 Å². The van der Waals surface area contributed by atoms with Gasteiger partial charge >= 0.3 is 6.03 Å². The Morgan fingerprint density at radius 3 is 2.50 bits per heavy atom. The third-order valence-electron chi connectivity index (χ3n) is 3.61. The number of para-hydroxylation sites is 1. The van der Waals surface area contributed by atoms with Gasteiger partial charge in [0.15, 0.2) is 11.6 Å². The number of methoxy groups -OCH3 is 2. The zero-order valence-electron chi connectivity index (χ0n) is 14.0. The van der Waals surface area contributed by atoms with Gasteiger partial charge in [0.2, 0.25) is 0 Å². The summed E-state index contributed by atoms with van der Waals surface area (Å²) in [5.41, 5.74) is 1.57. The van der Waals surface area contributed by atoms with E-state index in [1.807, 2.05) is 24.3 Å². The number of urea groups is 1. The first-order chi connectivity index (χ1) is 11.5. The van der Waals surface area contributed by atoms with Crippen LogP contribution in [0.15, 0.2) is 42.5 Å². The lowest BCUT2D eigenvalue weighted by atomic mass is 10.2. The first-order valence-corrected chi connectivity index (χ1v) is 7.48. The number of hydrogen-bond donors (Lipinski definition) is 1. The van der Waals surface area contributed by atoms with Crippen LogP contribution in [0.2, 0.25) is 0 Å². The molecule has 0 saturated heterocycles. The summed E-state index contributed by atoms with van der Waals surface area (Å²) in [5, 5.41) is 2.82. The summed E-state index contributed by atoms with van der Waals surface area (Å²) >= 11 is 0. The van der Waals surface area contributed by atoms with E-state index in [-0.39, 0.29) is 11.8 Å². The van der Waals surface area contributed by atoms with Crippen molar-refractivity contribution in [3.8, 4) is 11.5 Å². The van der Waals surface area contributed by atoms with Gasteiger partial charge in [0.25, 0.3) is 0 Å². The van der Waals surface area contributed by atoms with Gasteiger partial charge in [-0.2, -0.15) is 0 Å². The molecule has 5 nitrogen and oxygen atoms in total. The topological polar surface area (TPSA) is 50.8 Å². The average molecular weight is 332 g/mol. The number of hydrogen-bond acceptors (Lipinski definition) is 3. The molecular weight excluding hydrogens is 311 g/mol. The number of amides is 2. The van der Waals surface area contributed by atoms with Crippen molar-refractivity contribution in [1.29, 1.82) is 0 Å². The van der Waals surface area contributed by atoms with E-state index in [0.29, 0.717) is 18.7 Å². The fourth-order valence-corrected chi connectivity index (χ4v) is 2.31. The highest BCUT2D eigenvalue weighted by atomic mass is 19.1. The molecule has 2 rings (SSSR count). The number of carbonyl (C=O) groups is 1. The molecule has 6 heteroatoms. The van der Waals surface area contributed by atoms with Crippen molar-refractivity contribution in [1.82, 2.24) is 10.2 Å². The zero-order chi connectivity index (χ0) is 17.5. The fraction of sp³-hybridized carbons (Fsp3) is 0.278. The van der Waals surface area contributed by atoms with E-state index in [4.69, 9.17) is 9.47 Å². The Balaban J connectivity index is 1.93. The molecule has 0 saturated carbocycles. The first-order valence-electron chi connectivity index (χ1n) is 7.48. The van der Waals surface area contributed by atoms with Crippen molar-refractivity contribution in [3.05, 3.63) is 59.4 Å². The zero-order valence-corrected chi connectivity index (χ0v) is 14.0. The molecular formula is C18H21FN2O3. The molecule has 1 N–H and O–H groups in total. The lowest BCUT2D eigenvalue weighted by molar-refractivity contribution is 0.206. The van der Waals surface area contributed by atoms with Crippen molar-refractivity contribution < 1.29 is 18.7 Å². The Labute approximate surface area is 141 Å². The second-order valence-corrected chi connectivity index (χ2v) is 5.30. The number of halogens is 1. The molecule has 2 aromatic rings. The molecule has 0 atom stereocenters. The van der Waals surface area contributed by atoms with Crippen molar-refractivity contribution in [2.24, 2.45) is 0 Å². The van der Waals surface area contributed by atoms with E-state index >= 15 is 0 Å². The molecule has 0 radical (unpaired) electrons. The van der Waals surface area contributed by atoms with Crippen molar-refractivity contribution >= 4 is 6.03 Å². The minimum Gasteiger partial charge on any atom is -0.496 e. The number of carbonyl (C=O) groups excluding carboxylic acids is 1. The van der Waals surface area contributed by atoms with Crippen LogP contribution in [-0.2, 0) is 13.1 Å². The van der Waals surface area contributed by atoms with Crippen LogP contribution >= 0.6 is 0 Å². The number of nitrogens with one attached hydrogen (secondary N) is 1. The molecule has 0 bridgehead atoms. The quantitative estimate of drug-likeness (QED) is 0.884. The van der Waals surface area contributed by atoms with Gasteiger partial charge in [-0.25, -0.2) is 9.18 Å². The van der Waals surface area contributed by atoms with E-state index in [1.165, 1.54) is 18.1 Å². The Morgan fingerprint density at radius 1 is 1.12 bits per heavy atom. The second-order valence-electron chi connectivity index (χ2n) is 5.30. The minimum absolute atomic E-state index is 0.182. The predicted octanol–water partition coefficient (Wildman–Crippen LogP) is 3.18. The van der Waals surface area contributed by atoms with Crippen LogP contribution < -0.4 is 14.8 Å². The highest BCUT2D eigenvalue weighted by Crippen LogP contribution is 2.19. The van der Waals surface area contributed by atoms with Gasteiger partial charge in [-0.1, -0.05) is 24.3 Å². The van der Waals surface area contributed by atoms with E-state index < -0.39 is 5.82 Å². The highest BCUT2D eigenvalue weighted by molar-refractivity contribution is 5.74. The van der Waals surface area contributed by atoms with Crippen LogP contribution in [0.3, 0.4) is 0 Å². The van der Waals surface area contributed by atoms with Gasteiger partial charge in [0, 0.05) is 25.7 Å². The summed E-state index contributed by atoms with van der Waals surface area (Å²) in [4.78, 5) is 13.7. The van der Waals surface area contributed by atoms with Gasteiger partial charge in [-0.05, 0) is 23.8 Å². The van der Waals surface area contributed by atoms with Gasteiger partial charge in [0.1, 0.15) is 5.75 Å². The first kappa shape index (κ1) is 17.6. The van der Waals surface area contributed by atoms with Gasteiger partial charge in [-0.3, -0.25) is 0 Å². The Morgan fingerprint density at radius 2 is 1.83 bits per heavy atom. The number of nitrogens with zero attached hydrogens (tertiary/aromatic N) is 1. The maximum absolute atomic E-state index is 13.7. The molecule has 2 amide bonds. The molecule has 0 fully saturated rings. The molecule has 0 aliphatic rings. The smallest absolute Gasteiger partial charge is 0.317 e. The van der Waals surface area contributed by atoms with E-state index in [1.54, 1.807) is 26.3 Å². The normalized spacial score (nSPS) is 10.2. The molecule has 0 heterocycles. The molecule has 0 spiro atoms. The summed E-state index contributed by atoms with van der Waals surface area (Å²) in [6, 6.07) is 11.9. The molecule has 0 unspecified atom stereocenters. The summed E-state index contributed by atoms with van der Waals surface area (Å²) in [6.07, 6.45) is 0. The molecule has 0 aliphatic heterocycles. The maximum Gasteiger partial charge on any atom is 0.317 e. The van der Waals surface area contributed by atoms with Crippen LogP contribution in [0.5, 0.6) is 11.5 Å². The molecule has 24 heavy (non-hydrogen) atoms. The van der Waals surface area contributed by atoms with Crippen LogP contribution in [0, 0.1) is 5.82 Å². The maximum atomic E-state index is 13.7. The summed E-state index contributed by atoms with van der Waals surface area (Å²) in [7, 11) is 4.65. The lowest BCUT2D eigenvalue weighted by Gasteiger charge is -2.19. The minimum atomic E-state index is -0.446. The second kappa shape index (κ2) is 8.19. The van der Waals surface area contributed by atoms with E-state index in [9.17, 15) is 9.18 Å². The van der Waals surface area contributed by atoms with Crippen molar-refractivity contribution in [2.45, 2.75) is 13.1 Å². The third kappa shape index (κ3) is 4.38. The molecule has 128 valence electrons. The fourth-order valence-electron chi connectivity index (χ4n) is 2.31. The monoisotopic (exact) mass is 332 g/mol. The molecule has 0 aromatic heterocycles. The third-order valence-corrected chi connectivity index (χ3v) is 3.61. The molecule has 0 aliphatic carbocycles. The lowest BCUT2D eigenvalue weighted by Crippen LogP contribution is -2.36. The Kier molecular flexibility index (Phi) is 6.01. The Hall–Kier alpha value is -2.76. The van der Waals surface area contributed by atoms with E-state index in [2.05, 4.69) is 5.32 Å². The van der Waals surface area contributed by atoms with Gasteiger partial charge in [0.05, 0.1) is 14.2 Å². The van der Waals surface area contributed by atoms with Gasteiger partial charge < -0.3 is 19.7 Å². The SMILES string of the molecule is COc1ccc(CN(C)C(=O)NCc2ccccc2OC)cc1F. The standard InChI is InChI=1S/C18H21FN2O3/c1-21(12-13-8-9-17(24-3)15(19)10-13)18(22)20-11-14-6-4-5-7-16(14)23-2/h4-10H,11-12H2,1-3H3,(H,20,22). The summed E-state index contributed by atoms with van der Waals surface area (Å²) < 4.78 is 23.8.